The van der Waals surface area contributed by atoms with E-state index in [1.54, 1.807) is 0 Å². The third-order valence-corrected chi connectivity index (χ3v) is 3.76. The Kier molecular flexibility index (Phi) is 2.32. The molecule has 2 aliphatic rings. The predicted octanol–water partition coefficient (Wildman–Crippen LogP) is 1.76. The van der Waals surface area contributed by atoms with Gasteiger partial charge in [0.05, 0.1) is 11.7 Å². The number of nitrogens with zero attached hydrogens (tertiary/aromatic N) is 3. The van der Waals surface area contributed by atoms with Gasteiger partial charge < -0.3 is 0 Å². The first-order valence-corrected chi connectivity index (χ1v) is 6.03. The Morgan fingerprint density at radius 2 is 2.06 bits per heavy atom. The predicted molar refractivity (Wildman–Crippen MR) is 60.3 cm³/mol. The van der Waals surface area contributed by atoms with Crippen LogP contribution in [-0.4, -0.2) is 28.0 Å². The summed E-state index contributed by atoms with van der Waals surface area (Å²) in [7, 11) is 2.07. The molecular weight excluding hydrogens is 202 g/mol. The van der Waals surface area contributed by atoms with Gasteiger partial charge in [-0.05, 0) is 19.9 Å². The Balaban J connectivity index is 2.00. The second-order valence-electron chi connectivity index (χ2n) is 4.98. The van der Waals surface area contributed by atoms with Gasteiger partial charge in [0, 0.05) is 18.7 Å². The topological polar surface area (TPSA) is 38.1 Å². The van der Waals surface area contributed by atoms with Crippen LogP contribution in [0, 0.1) is 0 Å². The van der Waals surface area contributed by atoms with Gasteiger partial charge in [0.25, 0.3) is 0 Å². The largest absolute Gasteiger partial charge is 0.296 e. The summed E-state index contributed by atoms with van der Waals surface area (Å²) in [6.07, 6.45) is 5.89. The van der Waals surface area contributed by atoms with Gasteiger partial charge in [-0.25, -0.2) is 0 Å². The molecule has 0 saturated heterocycles. The van der Waals surface area contributed by atoms with Gasteiger partial charge in [-0.1, -0.05) is 12.8 Å². The fourth-order valence-electron chi connectivity index (χ4n) is 2.96. The number of fused-ring (bicyclic) bond motifs is 1. The summed E-state index contributed by atoms with van der Waals surface area (Å²) in [5, 5.41) is 4.64. The lowest BCUT2D eigenvalue weighted by molar-refractivity contribution is 0.111. The first kappa shape index (κ1) is 10.0. The van der Waals surface area contributed by atoms with Crippen molar-refractivity contribution < 1.29 is 4.79 Å². The van der Waals surface area contributed by atoms with Crippen molar-refractivity contribution in [2.45, 2.75) is 44.8 Å². The lowest BCUT2D eigenvalue weighted by Crippen LogP contribution is -2.15. The lowest BCUT2D eigenvalue weighted by atomic mass is 10.2. The van der Waals surface area contributed by atoms with Crippen LogP contribution in [0.1, 0.15) is 53.5 Å². The second kappa shape index (κ2) is 3.70. The Morgan fingerprint density at radius 3 is 2.75 bits per heavy atom. The zero-order valence-corrected chi connectivity index (χ0v) is 9.65. The van der Waals surface area contributed by atoms with Gasteiger partial charge in [0.1, 0.15) is 5.69 Å². The van der Waals surface area contributed by atoms with Crippen molar-refractivity contribution in [3.8, 4) is 0 Å². The van der Waals surface area contributed by atoms with Crippen molar-refractivity contribution in [1.82, 2.24) is 14.7 Å². The van der Waals surface area contributed by atoms with Crippen molar-refractivity contribution in [1.29, 1.82) is 0 Å². The maximum Gasteiger partial charge on any atom is 0.168 e. The van der Waals surface area contributed by atoms with E-state index in [4.69, 9.17) is 0 Å². The molecule has 4 heteroatoms. The molecule has 1 fully saturated rings. The number of hydrogen-bond acceptors (Lipinski definition) is 3. The molecule has 1 aliphatic heterocycles. The fraction of sp³-hybridized carbons (Fsp3) is 0.667. The molecule has 0 N–H and O–H groups in total. The molecule has 0 aromatic carbocycles. The van der Waals surface area contributed by atoms with E-state index in [2.05, 4.69) is 17.0 Å². The van der Waals surface area contributed by atoms with Crippen molar-refractivity contribution in [3.63, 3.8) is 0 Å². The van der Waals surface area contributed by atoms with Gasteiger partial charge in [0.2, 0.25) is 0 Å². The molecule has 4 nitrogen and oxygen atoms in total. The maximum atomic E-state index is 11.2. The molecule has 3 rings (SSSR count). The molecule has 1 aromatic heterocycles. The summed E-state index contributed by atoms with van der Waals surface area (Å²) in [6, 6.07) is 0.469. The smallest absolute Gasteiger partial charge is 0.168 e. The van der Waals surface area contributed by atoms with Crippen LogP contribution in [0.5, 0.6) is 0 Å². The number of hydrogen-bond donors (Lipinski definition) is 0. The van der Waals surface area contributed by atoms with E-state index >= 15 is 0 Å². The van der Waals surface area contributed by atoms with E-state index < -0.39 is 0 Å². The van der Waals surface area contributed by atoms with Gasteiger partial charge in [-0.3, -0.25) is 14.4 Å². The maximum absolute atomic E-state index is 11.2. The van der Waals surface area contributed by atoms with Gasteiger partial charge in [-0.15, -0.1) is 0 Å². The van der Waals surface area contributed by atoms with Crippen molar-refractivity contribution in [2.75, 3.05) is 7.05 Å². The minimum absolute atomic E-state index is 0.469. The molecule has 2 heterocycles. The number of carbonyl (C=O) groups excluding carboxylic acids is 1. The van der Waals surface area contributed by atoms with E-state index in [-0.39, 0.29) is 0 Å². The molecule has 0 atom stereocenters. The Labute approximate surface area is 95.2 Å². The third kappa shape index (κ3) is 1.40. The van der Waals surface area contributed by atoms with E-state index in [9.17, 15) is 4.79 Å². The Morgan fingerprint density at radius 1 is 1.31 bits per heavy atom. The Hall–Kier alpha value is -1.16. The van der Waals surface area contributed by atoms with Crippen LogP contribution in [0.2, 0.25) is 0 Å². The summed E-state index contributed by atoms with van der Waals surface area (Å²) >= 11 is 0. The highest BCUT2D eigenvalue weighted by Gasteiger charge is 2.28. The highest BCUT2D eigenvalue weighted by Crippen LogP contribution is 2.33. The van der Waals surface area contributed by atoms with Crippen molar-refractivity contribution >= 4 is 6.29 Å². The molecule has 1 saturated carbocycles. The zero-order chi connectivity index (χ0) is 11.1. The van der Waals surface area contributed by atoms with Crippen LogP contribution < -0.4 is 0 Å². The molecule has 16 heavy (non-hydrogen) atoms. The zero-order valence-electron chi connectivity index (χ0n) is 9.65. The van der Waals surface area contributed by atoms with Crippen LogP contribution >= 0.6 is 0 Å². The lowest BCUT2D eigenvalue weighted by Gasteiger charge is -2.13. The highest BCUT2D eigenvalue weighted by atomic mass is 16.1. The van der Waals surface area contributed by atoms with E-state index in [0.29, 0.717) is 6.04 Å². The van der Waals surface area contributed by atoms with Crippen molar-refractivity contribution in [2.24, 2.45) is 0 Å². The summed E-state index contributed by atoms with van der Waals surface area (Å²) in [5.41, 5.74) is 3.09. The van der Waals surface area contributed by atoms with Crippen molar-refractivity contribution in [3.05, 3.63) is 17.0 Å². The van der Waals surface area contributed by atoms with E-state index in [1.807, 2.05) is 4.68 Å². The Bertz CT molecular complexity index is 418. The van der Waals surface area contributed by atoms with Crippen LogP contribution in [-0.2, 0) is 13.1 Å². The SMILES string of the molecule is CN1Cc2nn(C3CCCC3)c(C=O)c2C1. The average molecular weight is 219 g/mol. The minimum atomic E-state index is 0.469. The number of carbonyl (C=O) groups is 1. The van der Waals surface area contributed by atoms with Gasteiger partial charge in [-0.2, -0.15) is 5.10 Å². The molecule has 0 amide bonds. The molecule has 0 radical (unpaired) electrons. The number of rotatable bonds is 2. The fourth-order valence-corrected chi connectivity index (χ4v) is 2.96. The summed E-state index contributed by atoms with van der Waals surface area (Å²) < 4.78 is 2.00. The monoisotopic (exact) mass is 219 g/mol. The standard InChI is InChI=1S/C12H17N3O/c1-14-6-10-11(7-14)13-15(12(10)8-16)9-4-2-3-5-9/h8-9H,2-7H2,1H3. The average Bonchev–Trinajstić information content (AvgIpc) is 2.90. The molecule has 0 unspecified atom stereocenters. The normalized spacial score (nSPS) is 21.6. The number of aromatic nitrogens is 2. The first-order valence-electron chi connectivity index (χ1n) is 6.03. The van der Waals surface area contributed by atoms with Gasteiger partial charge in [0.15, 0.2) is 6.29 Å². The summed E-state index contributed by atoms with van der Waals surface area (Å²) in [5.74, 6) is 0. The molecule has 1 aromatic rings. The third-order valence-electron chi connectivity index (χ3n) is 3.76. The van der Waals surface area contributed by atoms with Gasteiger partial charge >= 0.3 is 0 Å². The molecular formula is C12H17N3O. The minimum Gasteiger partial charge on any atom is -0.296 e. The molecule has 86 valence electrons. The van der Waals surface area contributed by atoms with E-state index in [1.165, 1.54) is 25.7 Å². The van der Waals surface area contributed by atoms with Crippen LogP contribution in [0.25, 0.3) is 0 Å². The molecule has 0 bridgehead atoms. The quantitative estimate of drug-likeness (QED) is 0.711. The van der Waals surface area contributed by atoms with Crippen LogP contribution in [0.15, 0.2) is 0 Å². The first-order chi connectivity index (χ1) is 7.79. The highest BCUT2D eigenvalue weighted by molar-refractivity contribution is 5.75. The summed E-state index contributed by atoms with van der Waals surface area (Å²) in [4.78, 5) is 13.4. The number of aldehydes is 1. The van der Waals surface area contributed by atoms with Crippen LogP contribution in [0.4, 0.5) is 0 Å². The molecule has 0 spiro atoms. The van der Waals surface area contributed by atoms with E-state index in [0.717, 1.165) is 36.3 Å². The summed E-state index contributed by atoms with van der Waals surface area (Å²) in [6.45, 7) is 1.76. The van der Waals surface area contributed by atoms with Crippen LogP contribution in [0.3, 0.4) is 0 Å². The molecule has 1 aliphatic carbocycles. The second-order valence-corrected chi connectivity index (χ2v) is 4.98.